The number of fused-ring (bicyclic) bond motifs is 15. The number of nitriles is 1. The maximum Gasteiger partial charge on any atom is 0.0993 e. The second-order valence-corrected chi connectivity index (χ2v) is 16.7. The first-order valence-electron chi connectivity index (χ1n) is 20.1. The number of hydrogen-bond donors (Lipinski definition) is 0. The van der Waals surface area contributed by atoms with Gasteiger partial charge in [0.05, 0.1) is 50.5 Å². The summed E-state index contributed by atoms with van der Waals surface area (Å²) < 4.78 is 4.60. The molecule has 0 fully saturated rings. The summed E-state index contributed by atoms with van der Waals surface area (Å²) >= 11 is 1.84. The van der Waals surface area contributed by atoms with E-state index in [1.165, 1.54) is 42.8 Å². The van der Waals surface area contributed by atoms with Crippen molar-refractivity contribution < 1.29 is 0 Å². The summed E-state index contributed by atoms with van der Waals surface area (Å²) in [5.41, 5.74) is 15.4. The number of pyridine rings is 2. The Bertz CT molecular complexity index is 3580. The monoisotopic (exact) mass is 781 g/mol. The lowest BCUT2D eigenvalue weighted by atomic mass is 9.67. The minimum Gasteiger partial charge on any atom is -0.309 e. The standard InChI is InChI=1S/C54H31N5S/c55-32-33-27-36(58-46-17-5-1-11-38(46)39-12-2-6-18-47(39)58)31-37(28-33)59-48-19-7-3-13-40(48)41-29-34(21-23-49(41)59)35-22-24-51-45(30-35)54(42-14-4-8-20-50(42)60-51)43-15-9-25-56-52(43)53-44(54)16-10-26-57-53/h1-31H. The Hall–Kier alpha value is -7.72. The molecule has 278 valence electrons. The third-order valence-corrected chi connectivity index (χ3v) is 13.8. The Morgan fingerprint density at radius 1 is 0.433 bits per heavy atom. The lowest BCUT2D eigenvalue weighted by Gasteiger charge is -2.39. The summed E-state index contributed by atoms with van der Waals surface area (Å²) in [5.74, 6) is 0. The maximum absolute atomic E-state index is 10.4. The number of rotatable bonds is 3. The van der Waals surface area contributed by atoms with Gasteiger partial charge in [0.2, 0.25) is 0 Å². The third-order valence-electron chi connectivity index (χ3n) is 12.7. The second-order valence-electron chi connectivity index (χ2n) is 15.7. The molecule has 0 N–H and O–H groups in total. The van der Waals surface area contributed by atoms with E-state index in [1.54, 1.807) is 0 Å². The fourth-order valence-corrected chi connectivity index (χ4v) is 11.5. The Balaban J connectivity index is 1.02. The second kappa shape index (κ2) is 12.4. The summed E-state index contributed by atoms with van der Waals surface area (Å²) in [5, 5.41) is 15.1. The van der Waals surface area contributed by atoms with Crippen LogP contribution in [0.15, 0.2) is 198 Å². The molecule has 0 radical (unpaired) electrons. The highest BCUT2D eigenvalue weighted by Gasteiger charge is 2.51. The number of hydrogen-bond acceptors (Lipinski definition) is 4. The van der Waals surface area contributed by atoms with Gasteiger partial charge in [-0.25, -0.2) is 0 Å². The highest BCUT2D eigenvalue weighted by Crippen LogP contribution is 2.61. The highest BCUT2D eigenvalue weighted by atomic mass is 32.2. The molecule has 13 rings (SSSR count). The van der Waals surface area contributed by atoms with Crippen LogP contribution in [-0.4, -0.2) is 19.1 Å². The van der Waals surface area contributed by atoms with Crippen LogP contribution in [-0.2, 0) is 5.41 Å². The van der Waals surface area contributed by atoms with E-state index in [2.05, 4.69) is 179 Å². The van der Waals surface area contributed by atoms with Gasteiger partial charge in [0.15, 0.2) is 0 Å². The summed E-state index contributed by atoms with van der Waals surface area (Å²) in [6.45, 7) is 0. The number of aromatic nitrogens is 4. The van der Waals surface area contributed by atoms with Crippen molar-refractivity contribution in [1.29, 1.82) is 5.26 Å². The summed E-state index contributed by atoms with van der Waals surface area (Å²) in [4.78, 5) is 12.4. The quantitative estimate of drug-likeness (QED) is 0.179. The molecule has 0 bridgehead atoms. The molecule has 60 heavy (non-hydrogen) atoms. The average Bonchev–Trinajstić information content (AvgIpc) is 3.93. The van der Waals surface area contributed by atoms with Gasteiger partial charge in [-0.3, -0.25) is 9.97 Å². The van der Waals surface area contributed by atoms with E-state index in [-0.39, 0.29) is 0 Å². The summed E-state index contributed by atoms with van der Waals surface area (Å²) in [6.07, 6.45) is 3.76. The molecule has 2 aliphatic rings. The molecule has 1 spiro atoms. The molecule has 7 aromatic carbocycles. The number of benzene rings is 7. The van der Waals surface area contributed by atoms with Gasteiger partial charge >= 0.3 is 0 Å². The highest BCUT2D eigenvalue weighted by molar-refractivity contribution is 7.99. The average molecular weight is 782 g/mol. The predicted octanol–water partition coefficient (Wildman–Crippen LogP) is 13.0. The Kier molecular flexibility index (Phi) is 6.87. The van der Waals surface area contributed by atoms with Gasteiger partial charge in [-0.1, -0.05) is 109 Å². The zero-order valence-electron chi connectivity index (χ0n) is 32.0. The molecule has 6 heteroatoms. The summed E-state index contributed by atoms with van der Waals surface area (Å²) in [6, 6.07) is 65.5. The Morgan fingerprint density at radius 3 is 1.57 bits per heavy atom. The molecular weight excluding hydrogens is 751 g/mol. The molecule has 11 aromatic rings. The van der Waals surface area contributed by atoms with Crippen LogP contribution in [0.4, 0.5) is 0 Å². The fraction of sp³-hybridized carbons (Fsp3) is 0.0185. The van der Waals surface area contributed by atoms with E-state index in [1.807, 2.05) is 36.3 Å². The zero-order valence-corrected chi connectivity index (χ0v) is 32.9. The van der Waals surface area contributed by atoms with Gasteiger partial charge < -0.3 is 9.13 Å². The van der Waals surface area contributed by atoms with Gasteiger partial charge in [-0.15, -0.1) is 0 Å². The van der Waals surface area contributed by atoms with Crippen LogP contribution in [0.2, 0.25) is 0 Å². The van der Waals surface area contributed by atoms with E-state index in [4.69, 9.17) is 9.97 Å². The van der Waals surface area contributed by atoms with Crippen molar-refractivity contribution in [1.82, 2.24) is 19.1 Å². The first-order valence-corrected chi connectivity index (χ1v) is 20.9. The van der Waals surface area contributed by atoms with Crippen molar-refractivity contribution in [2.75, 3.05) is 0 Å². The number of nitrogens with zero attached hydrogens (tertiary/aromatic N) is 5. The van der Waals surface area contributed by atoms with Crippen molar-refractivity contribution in [3.05, 3.63) is 216 Å². The van der Waals surface area contributed by atoms with E-state index in [0.29, 0.717) is 5.56 Å². The fourth-order valence-electron chi connectivity index (χ4n) is 10.3. The van der Waals surface area contributed by atoms with Gasteiger partial charge in [0, 0.05) is 55.1 Å². The van der Waals surface area contributed by atoms with Crippen LogP contribution in [0, 0.1) is 11.3 Å². The van der Waals surface area contributed by atoms with E-state index >= 15 is 0 Å². The van der Waals surface area contributed by atoms with Gasteiger partial charge in [0.25, 0.3) is 0 Å². The van der Waals surface area contributed by atoms with Crippen molar-refractivity contribution in [3.63, 3.8) is 0 Å². The van der Waals surface area contributed by atoms with Crippen LogP contribution in [0.1, 0.15) is 27.8 Å². The molecule has 4 aromatic heterocycles. The van der Waals surface area contributed by atoms with Crippen molar-refractivity contribution in [3.8, 4) is 40.0 Å². The predicted molar refractivity (Wildman–Crippen MR) is 242 cm³/mol. The molecule has 0 atom stereocenters. The van der Waals surface area contributed by atoms with Crippen molar-refractivity contribution in [2.45, 2.75) is 15.2 Å². The first kappa shape index (κ1) is 33.3. The Labute approximate surface area is 349 Å². The third kappa shape index (κ3) is 4.42. The van der Waals surface area contributed by atoms with E-state index in [9.17, 15) is 5.26 Å². The summed E-state index contributed by atoms with van der Waals surface area (Å²) in [7, 11) is 0. The topological polar surface area (TPSA) is 59.4 Å². The van der Waals surface area contributed by atoms with E-state index in [0.717, 1.165) is 66.7 Å². The smallest absolute Gasteiger partial charge is 0.0993 e. The molecule has 1 aliphatic carbocycles. The zero-order chi connectivity index (χ0) is 39.5. The van der Waals surface area contributed by atoms with Crippen molar-refractivity contribution in [2.24, 2.45) is 0 Å². The normalized spacial score (nSPS) is 13.4. The number of para-hydroxylation sites is 3. The van der Waals surface area contributed by atoms with Crippen LogP contribution < -0.4 is 0 Å². The molecular formula is C54H31N5S. The van der Waals surface area contributed by atoms with E-state index < -0.39 is 5.41 Å². The molecule has 0 saturated carbocycles. The lowest BCUT2D eigenvalue weighted by Crippen LogP contribution is -2.32. The van der Waals surface area contributed by atoms with Crippen LogP contribution in [0.25, 0.3) is 77.5 Å². The lowest BCUT2D eigenvalue weighted by molar-refractivity contribution is 0.720. The minimum atomic E-state index is -0.555. The largest absolute Gasteiger partial charge is 0.309 e. The van der Waals surface area contributed by atoms with Crippen LogP contribution in [0.5, 0.6) is 0 Å². The van der Waals surface area contributed by atoms with Crippen LogP contribution in [0.3, 0.4) is 0 Å². The molecule has 0 saturated heterocycles. The first-order chi connectivity index (χ1) is 29.7. The maximum atomic E-state index is 10.4. The van der Waals surface area contributed by atoms with Crippen molar-refractivity contribution >= 4 is 55.4 Å². The molecule has 5 heterocycles. The minimum absolute atomic E-state index is 0.555. The molecule has 0 unspecified atom stereocenters. The van der Waals surface area contributed by atoms with Gasteiger partial charge in [-0.05, 0) is 112 Å². The Morgan fingerprint density at radius 2 is 0.933 bits per heavy atom. The SMILES string of the molecule is N#Cc1cc(-n2c3ccccc3c3ccccc32)cc(-n2c3ccccc3c3cc(-c4ccc5c(c4)C4(c6ccccc6S5)c5cccnc5-c5ncccc54)ccc32)c1. The van der Waals surface area contributed by atoms with Gasteiger partial charge in [-0.2, -0.15) is 5.26 Å². The van der Waals surface area contributed by atoms with Crippen LogP contribution >= 0.6 is 11.8 Å². The van der Waals surface area contributed by atoms with Gasteiger partial charge in [0.1, 0.15) is 0 Å². The molecule has 5 nitrogen and oxygen atoms in total. The molecule has 0 amide bonds. The molecule has 1 aliphatic heterocycles.